The number of amides is 1. The number of carbonyl (C=O) groups is 1. The van der Waals surface area contributed by atoms with E-state index in [-0.39, 0.29) is 11.8 Å². The molecule has 0 atom stereocenters. The molecule has 0 spiro atoms. The summed E-state index contributed by atoms with van der Waals surface area (Å²) in [5.41, 5.74) is 0.917. The molecule has 1 saturated carbocycles. The first-order valence-electron chi connectivity index (χ1n) is 9.39. The van der Waals surface area contributed by atoms with Crippen LogP contribution in [-0.2, 0) is 4.79 Å². The van der Waals surface area contributed by atoms with Gasteiger partial charge in [0.05, 0.1) is 12.4 Å². The van der Waals surface area contributed by atoms with Crippen molar-refractivity contribution in [2.45, 2.75) is 25.7 Å². The number of halogens is 2. The number of anilines is 2. The van der Waals surface area contributed by atoms with Gasteiger partial charge in [0.25, 0.3) is 0 Å². The maximum Gasteiger partial charge on any atom is 0.230 e. The summed E-state index contributed by atoms with van der Waals surface area (Å²) in [5.74, 6) is 0.856. The van der Waals surface area contributed by atoms with Crippen molar-refractivity contribution in [3.05, 3.63) is 47.5 Å². The molecule has 2 heterocycles. The Kier molecular flexibility index (Phi) is 5.25. The Morgan fingerprint density at radius 3 is 2.33 bits per heavy atom. The van der Waals surface area contributed by atoms with E-state index < -0.39 is 5.82 Å². The van der Waals surface area contributed by atoms with E-state index in [0.717, 1.165) is 25.1 Å². The summed E-state index contributed by atoms with van der Waals surface area (Å²) in [6, 6.07) is 7.51. The van der Waals surface area contributed by atoms with Crippen LogP contribution in [0.5, 0.6) is 0 Å². The molecule has 1 aliphatic carbocycles. The van der Waals surface area contributed by atoms with Crippen molar-refractivity contribution in [1.82, 2.24) is 9.97 Å². The average molecular weight is 389 g/mol. The van der Waals surface area contributed by atoms with Gasteiger partial charge in [-0.05, 0) is 55.9 Å². The van der Waals surface area contributed by atoms with E-state index in [9.17, 15) is 9.18 Å². The van der Waals surface area contributed by atoms with Crippen LogP contribution in [-0.4, -0.2) is 35.5 Å². The third kappa shape index (κ3) is 4.38. The van der Waals surface area contributed by atoms with Crippen LogP contribution in [0.3, 0.4) is 0 Å². The fourth-order valence-corrected chi connectivity index (χ4v) is 3.64. The molecule has 27 heavy (non-hydrogen) atoms. The Morgan fingerprint density at radius 1 is 1.11 bits per heavy atom. The minimum absolute atomic E-state index is 0.0175. The number of piperidine rings is 1. The lowest BCUT2D eigenvalue weighted by Gasteiger charge is -2.34. The zero-order valence-corrected chi connectivity index (χ0v) is 15.8. The highest BCUT2D eigenvalue weighted by Gasteiger charge is 2.33. The molecular weight excluding hydrogens is 367 g/mol. The summed E-state index contributed by atoms with van der Waals surface area (Å²) in [6.07, 6.45) is 6.23. The van der Waals surface area contributed by atoms with E-state index >= 15 is 0 Å². The third-order valence-electron chi connectivity index (χ3n) is 5.28. The molecule has 7 heteroatoms. The van der Waals surface area contributed by atoms with Crippen LogP contribution in [0.25, 0.3) is 0 Å². The summed E-state index contributed by atoms with van der Waals surface area (Å²) in [5, 5.41) is 0.671. The van der Waals surface area contributed by atoms with Gasteiger partial charge >= 0.3 is 0 Å². The molecule has 142 valence electrons. The highest BCUT2D eigenvalue weighted by Crippen LogP contribution is 2.33. The van der Waals surface area contributed by atoms with Crippen molar-refractivity contribution in [3.63, 3.8) is 0 Å². The van der Waals surface area contributed by atoms with Crippen LogP contribution >= 0.6 is 11.6 Å². The van der Waals surface area contributed by atoms with E-state index in [1.807, 2.05) is 34.1 Å². The van der Waals surface area contributed by atoms with Gasteiger partial charge in [0.15, 0.2) is 5.82 Å². The highest BCUT2D eigenvalue weighted by molar-refractivity contribution is 6.30. The van der Waals surface area contributed by atoms with Crippen LogP contribution < -0.4 is 9.80 Å². The molecule has 1 amide bonds. The lowest BCUT2D eigenvalue weighted by Crippen LogP contribution is -2.44. The van der Waals surface area contributed by atoms with Crippen LogP contribution in [0.4, 0.5) is 16.0 Å². The molecule has 4 rings (SSSR count). The Bertz CT molecular complexity index is 787. The lowest BCUT2D eigenvalue weighted by atomic mass is 9.95. The molecule has 1 aromatic carbocycles. The first kappa shape index (κ1) is 18.2. The summed E-state index contributed by atoms with van der Waals surface area (Å²) < 4.78 is 13.0. The van der Waals surface area contributed by atoms with Crippen molar-refractivity contribution in [1.29, 1.82) is 0 Å². The normalized spacial score (nSPS) is 17.8. The van der Waals surface area contributed by atoms with Gasteiger partial charge in [-0.1, -0.05) is 11.6 Å². The second-order valence-electron chi connectivity index (χ2n) is 7.33. The maximum absolute atomic E-state index is 13.2. The van der Waals surface area contributed by atoms with Crippen LogP contribution in [0.2, 0.25) is 5.02 Å². The van der Waals surface area contributed by atoms with E-state index in [4.69, 9.17) is 11.6 Å². The molecule has 1 saturated heterocycles. The van der Waals surface area contributed by atoms with Gasteiger partial charge in [-0.3, -0.25) is 4.79 Å². The van der Waals surface area contributed by atoms with Gasteiger partial charge in [-0.15, -0.1) is 0 Å². The molecule has 2 fully saturated rings. The van der Waals surface area contributed by atoms with Gasteiger partial charge in [-0.25, -0.2) is 14.4 Å². The van der Waals surface area contributed by atoms with Crippen LogP contribution in [0.15, 0.2) is 36.7 Å². The predicted octanol–water partition coefficient (Wildman–Crippen LogP) is 3.93. The molecule has 0 N–H and O–H groups in total. The minimum atomic E-state index is -0.442. The fourth-order valence-electron chi connectivity index (χ4n) is 3.52. The number of benzene rings is 1. The quantitative estimate of drug-likeness (QED) is 0.778. The number of hydrogen-bond donors (Lipinski definition) is 0. The molecule has 0 bridgehead atoms. The van der Waals surface area contributed by atoms with Gasteiger partial charge in [0.1, 0.15) is 0 Å². The fraction of sp³-hybridized carbons (Fsp3) is 0.450. The number of rotatable bonds is 5. The zero-order chi connectivity index (χ0) is 18.8. The van der Waals surface area contributed by atoms with Crippen molar-refractivity contribution in [2.75, 3.05) is 29.4 Å². The van der Waals surface area contributed by atoms with E-state index in [2.05, 4.69) is 9.97 Å². The van der Waals surface area contributed by atoms with Crippen molar-refractivity contribution < 1.29 is 9.18 Å². The SMILES string of the molecule is O=C(C1CCN(c2ncc(F)cn2)CC1)N(CC1CC1)c1ccc(Cl)cc1. The first-order valence-corrected chi connectivity index (χ1v) is 9.77. The molecule has 5 nitrogen and oxygen atoms in total. The van der Waals surface area contributed by atoms with E-state index in [0.29, 0.717) is 30.0 Å². The molecule has 1 aliphatic heterocycles. The smallest absolute Gasteiger partial charge is 0.230 e. The molecule has 0 unspecified atom stereocenters. The average Bonchev–Trinajstić information content (AvgIpc) is 3.51. The molecule has 1 aromatic heterocycles. The largest absolute Gasteiger partial charge is 0.341 e. The summed E-state index contributed by atoms with van der Waals surface area (Å²) in [4.78, 5) is 25.3. The van der Waals surface area contributed by atoms with Gasteiger partial charge in [-0.2, -0.15) is 0 Å². The maximum atomic E-state index is 13.2. The highest BCUT2D eigenvalue weighted by atomic mass is 35.5. The topological polar surface area (TPSA) is 49.3 Å². The predicted molar refractivity (Wildman–Crippen MR) is 103 cm³/mol. The van der Waals surface area contributed by atoms with Crippen molar-refractivity contribution >= 4 is 29.1 Å². The molecule has 2 aliphatic rings. The summed E-state index contributed by atoms with van der Waals surface area (Å²) in [7, 11) is 0. The second-order valence-corrected chi connectivity index (χ2v) is 7.77. The van der Waals surface area contributed by atoms with Gasteiger partial charge < -0.3 is 9.80 Å². The number of aromatic nitrogens is 2. The summed E-state index contributed by atoms with van der Waals surface area (Å²) in [6.45, 7) is 2.17. The standard InChI is InChI=1S/C20H22ClFN4O/c21-16-3-5-18(6-4-16)26(13-14-1-2-14)19(27)15-7-9-25(10-8-15)20-23-11-17(22)12-24-20/h3-6,11-12,14-15H,1-2,7-10,13H2. The number of carbonyl (C=O) groups excluding carboxylic acids is 1. The molecular formula is C20H22ClFN4O. The Morgan fingerprint density at radius 2 is 1.74 bits per heavy atom. The monoisotopic (exact) mass is 388 g/mol. The zero-order valence-electron chi connectivity index (χ0n) is 15.0. The Labute approximate surface area is 163 Å². The van der Waals surface area contributed by atoms with Crippen molar-refractivity contribution in [3.8, 4) is 0 Å². The van der Waals surface area contributed by atoms with E-state index in [1.165, 1.54) is 25.2 Å². The second kappa shape index (κ2) is 7.80. The third-order valence-corrected chi connectivity index (χ3v) is 5.53. The lowest BCUT2D eigenvalue weighted by molar-refractivity contribution is -0.123. The Hall–Kier alpha value is -2.21. The van der Waals surface area contributed by atoms with Gasteiger partial charge in [0, 0.05) is 36.3 Å². The van der Waals surface area contributed by atoms with Crippen LogP contribution in [0.1, 0.15) is 25.7 Å². The van der Waals surface area contributed by atoms with Crippen molar-refractivity contribution in [2.24, 2.45) is 11.8 Å². The Balaban J connectivity index is 1.43. The minimum Gasteiger partial charge on any atom is -0.341 e. The molecule has 2 aromatic rings. The summed E-state index contributed by atoms with van der Waals surface area (Å²) >= 11 is 6.00. The van der Waals surface area contributed by atoms with Crippen LogP contribution in [0, 0.1) is 17.7 Å². The molecule has 0 radical (unpaired) electrons. The number of nitrogens with zero attached hydrogens (tertiary/aromatic N) is 4. The van der Waals surface area contributed by atoms with Gasteiger partial charge in [0.2, 0.25) is 11.9 Å². The first-order chi connectivity index (χ1) is 13.1. The van der Waals surface area contributed by atoms with E-state index in [1.54, 1.807) is 0 Å². The number of hydrogen-bond acceptors (Lipinski definition) is 4.